The summed E-state index contributed by atoms with van der Waals surface area (Å²) in [5.74, 6) is 0.831. The molecule has 0 aliphatic carbocycles. The smallest absolute Gasteiger partial charge is 0.0900 e. The van der Waals surface area contributed by atoms with Crippen molar-refractivity contribution in [2.45, 2.75) is 50.8 Å². The third-order valence-corrected chi connectivity index (χ3v) is 5.38. The van der Waals surface area contributed by atoms with Crippen molar-refractivity contribution in [2.75, 3.05) is 53.5 Å². The minimum absolute atomic E-state index is 0.354. The highest BCUT2D eigenvalue weighted by Crippen LogP contribution is 2.21. The van der Waals surface area contributed by atoms with E-state index in [2.05, 4.69) is 29.1 Å². The van der Waals surface area contributed by atoms with Crippen LogP contribution in [0.2, 0.25) is 0 Å². The lowest BCUT2D eigenvalue weighted by atomic mass is 9.89. The van der Waals surface area contributed by atoms with Crippen LogP contribution in [0.1, 0.15) is 32.6 Å². The Balaban J connectivity index is 1.64. The van der Waals surface area contributed by atoms with E-state index >= 15 is 0 Å². The number of hydrogen-bond acceptors (Lipinski definition) is 5. The maximum atomic E-state index is 9.82. The molecule has 0 saturated carbocycles. The highest BCUT2D eigenvalue weighted by Gasteiger charge is 2.26. The Bertz CT molecular complexity index is 300. The molecule has 2 aliphatic heterocycles. The van der Waals surface area contributed by atoms with E-state index in [-0.39, 0.29) is 6.10 Å². The van der Waals surface area contributed by atoms with Gasteiger partial charge >= 0.3 is 0 Å². The molecule has 0 bridgehead atoms. The van der Waals surface area contributed by atoms with Crippen LogP contribution in [-0.2, 0) is 4.74 Å². The lowest BCUT2D eigenvalue weighted by molar-refractivity contribution is 0.0303. The standard InChI is InChI=1S/C17H35N3O2/c1-14(15-4-8-19(2)9-5-15)18-16-6-10-20(11-7-16)12-17(21)13-22-3/h14-18,21H,4-13H2,1-3H3. The Morgan fingerprint density at radius 2 is 1.77 bits per heavy atom. The number of methoxy groups -OCH3 is 1. The molecular weight excluding hydrogens is 278 g/mol. The van der Waals surface area contributed by atoms with Crippen LogP contribution in [0.25, 0.3) is 0 Å². The molecule has 2 N–H and O–H groups in total. The number of β-amino-alcohol motifs (C(OH)–C–C–N with tert-alkyl or cyclic N) is 1. The lowest BCUT2D eigenvalue weighted by Gasteiger charge is -2.38. The quantitative estimate of drug-likeness (QED) is 0.727. The number of aliphatic hydroxyl groups excluding tert-OH is 1. The minimum atomic E-state index is -0.354. The third-order valence-electron chi connectivity index (χ3n) is 5.38. The molecule has 2 unspecified atom stereocenters. The molecule has 2 aliphatic rings. The normalized spacial score (nSPS) is 26.2. The Kier molecular flexibility index (Phi) is 7.57. The van der Waals surface area contributed by atoms with Gasteiger partial charge < -0.3 is 25.0 Å². The Hall–Kier alpha value is -0.200. The summed E-state index contributed by atoms with van der Waals surface area (Å²) in [6.45, 7) is 8.19. The fraction of sp³-hybridized carbons (Fsp3) is 1.00. The van der Waals surface area contributed by atoms with Crippen molar-refractivity contribution in [3.8, 4) is 0 Å². The number of piperidine rings is 2. The number of hydrogen-bond donors (Lipinski definition) is 2. The van der Waals surface area contributed by atoms with Crippen molar-refractivity contribution in [1.29, 1.82) is 0 Å². The monoisotopic (exact) mass is 313 g/mol. The van der Waals surface area contributed by atoms with Gasteiger partial charge in [-0.05, 0) is 71.8 Å². The van der Waals surface area contributed by atoms with Crippen molar-refractivity contribution in [1.82, 2.24) is 15.1 Å². The fourth-order valence-corrected chi connectivity index (χ4v) is 3.86. The molecule has 0 radical (unpaired) electrons. The Labute approximate surface area is 136 Å². The van der Waals surface area contributed by atoms with E-state index in [0.29, 0.717) is 18.7 Å². The largest absolute Gasteiger partial charge is 0.389 e. The first-order chi connectivity index (χ1) is 10.6. The lowest BCUT2D eigenvalue weighted by Crippen LogP contribution is -2.50. The highest BCUT2D eigenvalue weighted by molar-refractivity contribution is 4.84. The van der Waals surface area contributed by atoms with Gasteiger partial charge in [-0.1, -0.05) is 0 Å². The molecule has 2 saturated heterocycles. The van der Waals surface area contributed by atoms with Crippen LogP contribution < -0.4 is 5.32 Å². The molecule has 2 atom stereocenters. The Morgan fingerprint density at radius 3 is 2.36 bits per heavy atom. The molecule has 0 amide bonds. The molecule has 0 spiro atoms. The predicted octanol–water partition coefficient (Wildman–Crippen LogP) is 0.778. The van der Waals surface area contributed by atoms with E-state index in [0.717, 1.165) is 25.6 Å². The molecule has 22 heavy (non-hydrogen) atoms. The van der Waals surface area contributed by atoms with Gasteiger partial charge in [0.15, 0.2) is 0 Å². The van der Waals surface area contributed by atoms with Crippen molar-refractivity contribution in [3.63, 3.8) is 0 Å². The Morgan fingerprint density at radius 1 is 1.14 bits per heavy atom. The van der Waals surface area contributed by atoms with E-state index < -0.39 is 0 Å². The molecule has 0 aromatic heterocycles. The van der Waals surface area contributed by atoms with Gasteiger partial charge in [0.2, 0.25) is 0 Å². The van der Waals surface area contributed by atoms with Crippen molar-refractivity contribution >= 4 is 0 Å². The summed E-state index contributed by atoms with van der Waals surface area (Å²) in [6, 6.07) is 1.27. The molecular formula is C17H35N3O2. The molecule has 2 heterocycles. The van der Waals surface area contributed by atoms with Crippen LogP contribution >= 0.6 is 0 Å². The first-order valence-electron chi connectivity index (χ1n) is 8.92. The average Bonchev–Trinajstić information content (AvgIpc) is 2.50. The molecule has 130 valence electrons. The van der Waals surface area contributed by atoms with Gasteiger partial charge in [0, 0.05) is 25.7 Å². The van der Waals surface area contributed by atoms with E-state index in [1.165, 1.54) is 38.8 Å². The zero-order chi connectivity index (χ0) is 15.9. The number of ether oxygens (including phenoxy) is 1. The molecule has 0 aromatic carbocycles. The third kappa shape index (κ3) is 5.78. The number of rotatable bonds is 7. The van der Waals surface area contributed by atoms with Crippen molar-refractivity contribution < 1.29 is 9.84 Å². The van der Waals surface area contributed by atoms with Gasteiger partial charge in [-0.25, -0.2) is 0 Å². The number of aliphatic hydroxyl groups is 1. The van der Waals surface area contributed by atoms with E-state index in [1.807, 2.05) is 0 Å². The summed E-state index contributed by atoms with van der Waals surface area (Å²) in [6.07, 6.45) is 4.68. The molecule has 2 fully saturated rings. The summed E-state index contributed by atoms with van der Waals surface area (Å²) in [5.41, 5.74) is 0. The first-order valence-corrected chi connectivity index (χ1v) is 8.92. The average molecular weight is 313 g/mol. The summed E-state index contributed by atoms with van der Waals surface area (Å²) >= 11 is 0. The zero-order valence-corrected chi connectivity index (χ0v) is 14.6. The van der Waals surface area contributed by atoms with Crippen molar-refractivity contribution in [2.24, 2.45) is 5.92 Å². The first kappa shape index (κ1) is 18.1. The molecule has 5 heteroatoms. The van der Waals surface area contributed by atoms with Crippen LogP contribution in [-0.4, -0.2) is 86.6 Å². The second kappa shape index (κ2) is 9.18. The maximum Gasteiger partial charge on any atom is 0.0900 e. The van der Waals surface area contributed by atoms with Gasteiger partial charge in [0.25, 0.3) is 0 Å². The SMILES string of the molecule is COCC(O)CN1CCC(NC(C)C2CCN(C)CC2)CC1. The van der Waals surface area contributed by atoms with E-state index in [9.17, 15) is 5.11 Å². The zero-order valence-electron chi connectivity index (χ0n) is 14.6. The summed E-state index contributed by atoms with van der Waals surface area (Å²) in [4.78, 5) is 4.80. The molecule has 5 nitrogen and oxygen atoms in total. The van der Waals surface area contributed by atoms with Gasteiger partial charge in [-0.2, -0.15) is 0 Å². The van der Waals surface area contributed by atoms with Gasteiger partial charge in [-0.3, -0.25) is 0 Å². The van der Waals surface area contributed by atoms with Gasteiger partial charge in [0.05, 0.1) is 12.7 Å². The number of nitrogens with one attached hydrogen (secondary N) is 1. The molecule has 2 rings (SSSR count). The maximum absolute atomic E-state index is 9.82. The highest BCUT2D eigenvalue weighted by atomic mass is 16.5. The van der Waals surface area contributed by atoms with Gasteiger partial charge in [-0.15, -0.1) is 0 Å². The van der Waals surface area contributed by atoms with E-state index in [1.54, 1.807) is 7.11 Å². The van der Waals surface area contributed by atoms with E-state index in [4.69, 9.17) is 4.74 Å². The van der Waals surface area contributed by atoms with Gasteiger partial charge in [0.1, 0.15) is 0 Å². The second-order valence-corrected chi connectivity index (χ2v) is 7.28. The summed E-state index contributed by atoms with van der Waals surface area (Å²) < 4.78 is 5.00. The number of likely N-dealkylation sites (tertiary alicyclic amines) is 2. The van der Waals surface area contributed by atoms with Crippen LogP contribution in [0.4, 0.5) is 0 Å². The minimum Gasteiger partial charge on any atom is -0.389 e. The van der Waals surface area contributed by atoms with Crippen LogP contribution in [0, 0.1) is 5.92 Å². The fourth-order valence-electron chi connectivity index (χ4n) is 3.86. The topological polar surface area (TPSA) is 48.0 Å². The molecule has 0 aromatic rings. The predicted molar refractivity (Wildman–Crippen MR) is 90.2 cm³/mol. The van der Waals surface area contributed by atoms with Crippen LogP contribution in [0.5, 0.6) is 0 Å². The van der Waals surface area contributed by atoms with Crippen LogP contribution in [0.15, 0.2) is 0 Å². The summed E-state index contributed by atoms with van der Waals surface area (Å²) in [7, 11) is 3.87. The van der Waals surface area contributed by atoms with Crippen molar-refractivity contribution in [3.05, 3.63) is 0 Å². The second-order valence-electron chi connectivity index (χ2n) is 7.28. The summed E-state index contributed by atoms with van der Waals surface area (Å²) in [5, 5.41) is 13.7. The van der Waals surface area contributed by atoms with Crippen LogP contribution in [0.3, 0.4) is 0 Å². The number of nitrogens with zero attached hydrogens (tertiary/aromatic N) is 2.